The van der Waals surface area contributed by atoms with Gasteiger partial charge in [-0.25, -0.2) is 4.39 Å². The summed E-state index contributed by atoms with van der Waals surface area (Å²) in [6, 6.07) is 12.7. The Labute approximate surface area is 108 Å². The molecule has 4 nitrogen and oxygen atoms in total. The number of benzene rings is 2. The average Bonchev–Trinajstić information content (AvgIpc) is 2.70. The van der Waals surface area contributed by atoms with Crippen LogP contribution in [-0.2, 0) is 4.79 Å². The summed E-state index contributed by atoms with van der Waals surface area (Å²) >= 11 is 0. The lowest BCUT2D eigenvalue weighted by atomic mass is 10.1. The van der Waals surface area contributed by atoms with Crippen LogP contribution < -0.4 is 4.90 Å². The van der Waals surface area contributed by atoms with Crippen LogP contribution in [0.1, 0.15) is 5.56 Å². The first kappa shape index (κ1) is 11.3. The monoisotopic (exact) mass is 253 g/mol. The molecule has 0 saturated heterocycles. The van der Waals surface area contributed by atoms with E-state index in [1.165, 1.54) is 23.1 Å². The molecular formula is C14H8FN3O. The Balaban J connectivity index is 2.26. The summed E-state index contributed by atoms with van der Waals surface area (Å²) in [5.74, 6) is -0.930. The van der Waals surface area contributed by atoms with Crippen LogP contribution in [0, 0.1) is 5.82 Å². The minimum atomic E-state index is -0.477. The van der Waals surface area contributed by atoms with Crippen molar-refractivity contribution in [3.63, 3.8) is 0 Å². The molecule has 3 rings (SSSR count). The number of para-hydroxylation sites is 1. The second kappa shape index (κ2) is 4.15. The quantitative estimate of drug-likeness (QED) is 0.569. The Kier molecular flexibility index (Phi) is 2.47. The average molecular weight is 253 g/mol. The molecule has 0 spiro atoms. The van der Waals surface area contributed by atoms with E-state index >= 15 is 0 Å². The van der Waals surface area contributed by atoms with Crippen LogP contribution in [0.15, 0.2) is 48.5 Å². The van der Waals surface area contributed by atoms with Gasteiger partial charge in [-0.2, -0.15) is 4.79 Å². The Hall–Kier alpha value is -2.78. The van der Waals surface area contributed by atoms with Crippen molar-refractivity contribution in [3.8, 4) is 0 Å². The van der Waals surface area contributed by atoms with Crippen LogP contribution in [0.2, 0.25) is 0 Å². The molecule has 0 aliphatic carbocycles. The number of hydrogen-bond donors (Lipinski definition) is 0. The molecule has 0 unspecified atom stereocenters. The van der Waals surface area contributed by atoms with Gasteiger partial charge in [-0.05, 0) is 30.3 Å². The molecule has 1 aliphatic rings. The molecule has 19 heavy (non-hydrogen) atoms. The van der Waals surface area contributed by atoms with Gasteiger partial charge >= 0.3 is 11.6 Å². The maximum absolute atomic E-state index is 13.4. The van der Waals surface area contributed by atoms with Crippen molar-refractivity contribution < 1.29 is 14.0 Å². The van der Waals surface area contributed by atoms with Crippen molar-refractivity contribution in [1.82, 2.24) is 0 Å². The lowest BCUT2D eigenvalue weighted by molar-refractivity contribution is -0.115. The fourth-order valence-corrected chi connectivity index (χ4v) is 2.15. The van der Waals surface area contributed by atoms with E-state index in [0.717, 1.165) is 0 Å². The summed E-state index contributed by atoms with van der Waals surface area (Å²) < 4.78 is 13.4. The minimum Gasteiger partial charge on any atom is -0.361 e. The summed E-state index contributed by atoms with van der Waals surface area (Å²) in [5.41, 5.74) is 10.3. The van der Waals surface area contributed by atoms with Crippen LogP contribution in [-0.4, -0.2) is 16.4 Å². The maximum Gasteiger partial charge on any atom is 0.389 e. The molecule has 1 aliphatic heterocycles. The van der Waals surface area contributed by atoms with E-state index in [-0.39, 0.29) is 5.71 Å². The second-order valence-electron chi connectivity index (χ2n) is 4.09. The smallest absolute Gasteiger partial charge is 0.361 e. The van der Waals surface area contributed by atoms with Crippen molar-refractivity contribution in [2.75, 3.05) is 4.90 Å². The zero-order valence-corrected chi connectivity index (χ0v) is 9.75. The van der Waals surface area contributed by atoms with Gasteiger partial charge in [-0.15, -0.1) is 0 Å². The van der Waals surface area contributed by atoms with Crippen LogP contribution in [0.5, 0.6) is 0 Å². The largest absolute Gasteiger partial charge is 0.389 e. The molecule has 0 aromatic heterocycles. The third-order valence-electron chi connectivity index (χ3n) is 2.98. The number of carbonyl (C=O) groups excluding carboxylic acids is 1. The van der Waals surface area contributed by atoms with Crippen LogP contribution in [0.3, 0.4) is 0 Å². The summed E-state index contributed by atoms with van der Waals surface area (Å²) in [5, 5.41) is 0. The van der Waals surface area contributed by atoms with Gasteiger partial charge in [-0.3, -0.25) is 9.69 Å². The Morgan fingerprint density at radius 2 is 1.84 bits per heavy atom. The summed E-state index contributed by atoms with van der Waals surface area (Å²) in [6.45, 7) is 0. The van der Waals surface area contributed by atoms with E-state index in [2.05, 4.69) is 4.79 Å². The molecule has 0 N–H and O–H groups in total. The molecule has 1 heterocycles. The molecule has 2 aromatic carbocycles. The van der Waals surface area contributed by atoms with Gasteiger partial charge in [0.2, 0.25) is 0 Å². The first-order valence-corrected chi connectivity index (χ1v) is 5.64. The van der Waals surface area contributed by atoms with Gasteiger partial charge in [-0.1, -0.05) is 18.2 Å². The number of amides is 1. The lowest BCUT2D eigenvalue weighted by Crippen LogP contribution is -2.25. The van der Waals surface area contributed by atoms with Crippen molar-refractivity contribution in [1.29, 1.82) is 0 Å². The minimum absolute atomic E-state index is 0.0844. The highest BCUT2D eigenvalue weighted by atomic mass is 19.1. The number of rotatable bonds is 1. The third kappa shape index (κ3) is 1.64. The zero-order valence-electron chi connectivity index (χ0n) is 9.75. The second-order valence-corrected chi connectivity index (χ2v) is 4.09. The SMILES string of the molecule is [N-]=[N+]=C1C(=O)N(c2ccccc2)c2cc(F)ccc21. The number of nitrogens with zero attached hydrogens (tertiary/aromatic N) is 3. The standard InChI is InChI=1S/C14H8FN3O/c15-9-6-7-11-12(8-9)18(14(19)13(11)17-16)10-4-2-1-3-5-10/h1-8H. The topological polar surface area (TPSA) is 56.7 Å². The van der Waals surface area contributed by atoms with Crippen LogP contribution in [0.4, 0.5) is 15.8 Å². The van der Waals surface area contributed by atoms with E-state index < -0.39 is 11.7 Å². The number of hydrogen-bond acceptors (Lipinski definition) is 1. The number of anilines is 2. The first-order chi connectivity index (χ1) is 9.22. The highest BCUT2D eigenvalue weighted by Crippen LogP contribution is 2.35. The van der Waals surface area contributed by atoms with Gasteiger partial charge in [0, 0.05) is 5.69 Å². The molecule has 2 aromatic rings. The van der Waals surface area contributed by atoms with Crippen molar-refractivity contribution in [2.45, 2.75) is 0 Å². The molecule has 0 fully saturated rings. The Morgan fingerprint density at radius 3 is 2.53 bits per heavy atom. The highest BCUT2D eigenvalue weighted by molar-refractivity contribution is 6.53. The van der Waals surface area contributed by atoms with E-state index in [1.54, 1.807) is 24.3 Å². The molecule has 92 valence electrons. The molecule has 0 radical (unpaired) electrons. The van der Waals surface area contributed by atoms with Gasteiger partial charge in [0.1, 0.15) is 5.82 Å². The predicted octanol–water partition coefficient (Wildman–Crippen LogP) is 2.52. The normalized spacial score (nSPS) is 13.4. The van der Waals surface area contributed by atoms with E-state index in [9.17, 15) is 9.18 Å². The van der Waals surface area contributed by atoms with Crippen LogP contribution >= 0.6 is 0 Å². The highest BCUT2D eigenvalue weighted by Gasteiger charge is 2.41. The summed E-state index contributed by atoms with van der Waals surface area (Å²) in [7, 11) is 0. The van der Waals surface area contributed by atoms with E-state index in [1.807, 2.05) is 6.07 Å². The van der Waals surface area contributed by atoms with Gasteiger partial charge in [0.05, 0.1) is 11.3 Å². The Morgan fingerprint density at radius 1 is 1.11 bits per heavy atom. The first-order valence-electron chi connectivity index (χ1n) is 5.64. The van der Waals surface area contributed by atoms with E-state index in [0.29, 0.717) is 16.9 Å². The molecule has 0 saturated carbocycles. The maximum atomic E-state index is 13.4. The number of carbonyl (C=O) groups is 1. The molecule has 5 heteroatoms. The van der Waals surface area contributed by atoms with Gasteiger partial charge < -0.3 is 5.53 Å². The molecule has 0 bridgehead atoms. The van der Waals surface area contributed by atoms with E-state index in [4.69, 9.17) is 5.53 Å². The molecule has 1 amide bonds. The fraction of sp³-hybridized carbons (Fsp3) is 0. The predicted molar refractivity (Wildman–Crippen MR) is 67.7 cm³/mol. The van der Waals surface area contributed by atoms with Crippen molar-refractivity contribution in [2.24, 2.45) is 0 Å². The molecular weight excluding hydrogens is 245 g/mol. The van der Waals surface area contributed by atoms with Crippen molar-refractivity contribution >= 4 is 23.0 Å². The lowest BCUT2D eigenvalue weighted by Gasteiger charge is -2.15. The third-order valence-corrected chi connectivity index (χ3v) is 2.98. The van der Waals surface area contributed by atoms with Crippen molar-refractivity contribution in [3.05, 3.63) is 65.4 Å². The van der Waals surface area contributed by atoms with Gasteiger partial charge in [0.15, 0.2) is 0 Å². The zero-order chi connectivity index (χ0) is 13.4. The summed E-state index contributed by atoms with van der Waals surface area (Å²) in [6.07, 6.45) is 0. The molecule has 0 atom stereocenters. The number of fused-ring (bicyclic) bond motifs is 1. The summed E-state index contributed by atoms with van der Waals surface area (Å²) in [4.78, 5) is 16.6. The Bertz CT molecular complexity index is 721. The van der Waals surface area contributed by atoms with Crippen LogP contribution in [0.25, 0.3) is 5.53 Å². The van der Waals surface area contributed by atoms with Gasteiger partial charge in [0.25, 0.3) is 0 Å². The fourth-order valence-electron chi connectivity index (χ4n) is 2.15. The number of halogens is 1.